The van der Waals surface area contributed by atoms with Gasteiger partial charge in [-0.2, -0.15) is 0 Å². The van der Waals surface area contributed by atoms with Crippen LogP contribution >= 0.6 is 0 Å². The highest BCUT2D eigenvalue weighted by Crippen LogP contribution is 2.40. The van der Waals surface area contributed by atoms with Crippen molar-refractivity contribution < 1.29 is 4.52 Å². The number of aromatic nitrogens is 3. The molecule has 0 aromatic carbocycles. The molecule has 2 fully saturated rings. The van der Waals surface area contributed by atoms with E-state index < -0.39 is 0 Å². The van der Waals surface area contributed by atoms with E-state index in [-0.39, 0.29) is 0 Å². The quantitative estimate of drug-likeness (QED) is 0.910. The van der Waals surface area contributed by atoms with Gasteiger partial charge in [0.2, 0.25) is 5.95 Å². The maximum absolute atomic E-state index is 5.40. The van der Waals surface area contributed by atoms with Crippen molar-refractivity contribution in [2.75, 3.05) is 18.0 Å². The number of nitrogens with zero attached hydrogens (tertiary/aromatic N) is 4. The van der Waals surface area contributed by atoms with Gasteiger partial charge in [-0.05, 0) is 24.8 Å². The maximum atomic E-state index is 5.40. The van der Waals surface area contributed by atoms with Crippen molar-refractivity contribution in [2.24, 2.45) is 5.92 Å². The van der Waals surface area contributed by atoms with E-state index in [1.807, 2.05) is 6.07 Å². The first-order chi connectivity index (χ1) is 10.8. The highest BCUT2D eigenvalue weighted by atomic mass is 16.5. The van der Waals surface area contributed by atoms with Gasteiger partial charge in [-0.15, -0.1) is 0 Å². The first-order valence-electron chi connectivity index (χ1n) is 8.00. The second kappa shape index (κ2) is 5.68. The van der Waals surface area contributed by atoms with Gasteiger partial charge in [-0.25, -0.2) is 9.97 Å². The van der Waals surface area contributed by atoms with Crippen LogP contribution < -0.4 is 10.2 Å². The zero-order valence-electron chi connectivity index (χ0n) is 12.8. The molecule has 3 heterocycles. The molecule has 1 aliphatic heterocycles. The summed E-state index contributed by atoms with van der Waals surface area (Å²) in [6.07, 6.45) is 6.08. The zero-order chi connectivity index (χ0) is 14.9. The molecule has 2 aromatic rings. The van der Waals surface area contributed by atoms with E-state index in [0.717, 1.165) is 37.0 Å². The monoisotopic (exact) mass is 299 g/mol. The third-order valence-electron chi connectivity index (χ3n) is 4.55. The minimum Gasteiger partial charge on any atom is -0.361 e. The van der Waals surface area contributed by atoms with Crippen LogP contribution in [0.3, 0.4) is 0 Å². The van der Waals surface area contributed by atoms with E-state index in [9.17, 15) is 0 Å². The molecule has 4 rings (SSSR count). The number of hydrogen-bond acceptors (Lipinski definition) is 6. The number of hydrogen-bond donors (Lipinski definition) is 1. The molecule has 22 heavy (non-hydrogen) atoms. The van der Waals surface area contributed by atoms with Gasteiger partial charge < -0.3 is 14.7 Å². The van der Waals surface area contributed by atoms with Crippen LogP contribution in [0, 0.1) is 5.92 Å². The fourth-order valence-corrected chi connectivity index (χ4v) is 3.06. The van der Waals surface area contributed by atoms with Crippen LogP contribution in [0.4, 0.5) is 5.95 Å². The molecule has 2 aromatic heterocycles. The molecule has 0 amide bonds. The molecule has 2 aliphatic rings. The van der Waals surface area contributed by atoms with Crippen LogP contribution in [0.2, 0.25) is 0 Å². The lowest BCUT2D eigenvalue weighted by atomic mass is 10.1. The molecule has 0 radical (unpaired) electrons. The van der Waals surface area contributed by atoms with Gasteiger partial charge in [0.1, 0.15) is 5.76 Å². The lowest BCUT2D eigenvalue weighted by molar-refractivity contribution is 0.371. The molecule has 0 unspecified atom stereocenters. The fourth-order valence-electron chi connectivity index (χ4n) is 3.06. The van der Waals surface area contributed by atoms with E-state index in [0.29, 0.717) is 17.9 Å². The summed E-state index contributed by atoms with van der Waals surface area (Å²) in [5.74, 6) is 3.04. The first-order valence-corrected chi connectivity index (χ1v) is 8.00. The predicted molar refractivity (Wildman–Crippen MR) is 82.5 cm³/mol. The summed E-state index contributed by atoms with van der Waals surface area (Å²) in [5, 5.41) is 7.77. The minimum absolute atomic E-state index is 0.421. The van der Waals surface area contributed by atoms with Crippen LogP contribution in [-0.2, 0) is 6.54 Å². The Morgan fingerprint density at radius 1 is 1.27 bits per heavy atom. The SMILES string of the molecule is C[C@@H]1CN(c2ncccn2)C[C@H]1NCc1cc(C2CC2)on1. The lowest BCUT2D eigenvalue weighted by Crippen LogP contribution is -2.35. The van der Waals surface area contributed by atoms with E-state index >= 15 is 0 Å². The molecular weight excluding hydrogens is 278 g/mol. The third-order valence-corrected chi connectivity index (χ3v) is 4.55. The van der Waals surface area contributed by atoms with Gasteiger partial charge in [0, 0.05) is 50.1 Å². The average molecular weight is 299 g/mol. The van der Waals surface area contributed by atoms with Gasteiger partial charge in [0.15, 0.2) is 0 Å². The van der Waals surface area contributed by atoms with Crippen molar-refractivity contribution in [3.63, 3.8) is 0 Å². The Labute approximate surface area is 129 Å². The van der Waals surface area contributed by atoms with Gasteiger partial charge in [0.05, 0.1) is 5.69 Å². The Balaban J connectivity index is 1.34. The summed E-state index contributed by atoms with van der Waals surface area (Å²) in [7, 11) is 0. The van der Waals surface area contributed by atoms with Gasteiger partial charge in [-0.1, -0.05) is 12.1 Å². The summed E-state index contributed by atoms with van der Waals surface area (Å²) in [4.78, 5) is 10.9. The summed E-state index contributed by atoms with van der Waals surface area (Å²) in [6.45, 7) is 4.93. The normalized spacial score (nSPS) is 24.9. The molecule has 6 nitrogen and oxygen atoms in total. The van der Waals surface area contributed by atoms with Crippen molar-refractivity contribution >= 4 is 5.95 Å². The molecule has 0 spiro atoms. The summed E-state index contributed by atoms with van der Waals surface area (Å²) in [5.41, 5.74) is 1.00. The Bertz CT molecular complexity index is 624. The van der Waals surface area contributed by atoms with Crippen molar-refractivity contribution in [2.45, 2.75) is 38.3 Å². The number of rotatable bonds is 5. The van der Waals surface area contributed by atoms with Gasteiger partial charge in [-0.3, -0.25) is 0 Å². The summed E-state index contributed by atoms with van der Waals surface area (Å²) < 4.78 is 5.40. The Morgan fingerprint density at radius 3 is 2.86 bits per heavy atom. The van der Waals surface area contributed by atoms with Crippen LogP contribution in [0.25, 0.3) is 0 Å². The third kappa shape index (κ3) is 2.83. The Kier molecular flexibility index (Phi) is 3.54. The Morgan fingerprint density at radius 2 is 2.09 bits per heavy atom. The number of nitrogens with one attached hydrogen (secondary N) is 1. The van der Waals surface area contributed by atoms with Crippen LogP contribution in [0.5, 0.6) is 0 Å². The van der Waals surface area contributed by atoms with Crippen molar-refractivity contribution in [3.05, 3.63) is 36.0 Å². The highest BCUT2D eigenvalue weighted by molar-refractivity contribution is 5.31. The molecule has 2 atom stereocenters. The van der Waals surface area contributed by atoms with E-state index in [2.05, 4.69) is 38.3 Å². The van der Waals surface area contributed by atoms with Gasteiger partial charge in [0.25, 0.3) is 0 Å². The second-order valence-corrected chi connectivity index (χ2v) is 6.41. The van der Waals surface area contributed by atoms with E-state index in [1.165, 1.54) is 12.8 Å². The largest absolute Gasteiger partial charge is 0.361 e. The minimum atomic E-state index is 0.421. The van der Waals surface area contributed by atoms with E-state index in [4.69, 9.17) is 4.52 Å². The summed E-state index contributed by atoms with van der Waals surface area (Å²) in [6, 6.07) is 4.37. The first kappa shape index (κ1) is 13.7. The summed E-state index contributed by atoms with van der Waals surface area (Å²) >= 11 is 0. The molecule has 116 valence electrons. The topological polar surface area (TPSA) is 67.1 Å². The fraction of sp³-hybridized carbons (Fsp3) is 0.562. The molecule has 6 heteroatoms. The van der Waals surface area contributed by atoms with Crippen molar-refractivity contribution in [1.82, 2.24) is 20.4 Å². The lowest BCUT2D eigenvalue weighted by Gasteiger charge is -2.16. The molecule has 1 aliphatic carbocycles. The smallest absolute Gasteiger partial charge is 0.225 e. The van der Waals surface area contributed by atoms with Crippen molar-refractivity contribution in [3.8, 4) is 0 Å². The molecule has 1 saturated carbocycles. The van der Waals surface area contributed by atoms with Crippen LogP contribution in [0.1, 0.15) is 37.1 Å². The average Bonchev–Trinajstić information content (AvgIpc) is 3.17. The van der Waals surface area contributed by atoms with Crippen LogP contribution in [0.15, 0.2) is 29.0 Å². The maximum Gasteiger partial charge on any atom is 0.225 e. The van der Waals surface area contributed by atoms with E-state index in [1.54, 1.807) is 12.4 Å². The molecule has 1 N–H and O–H groups in total. The predicted octanol–water partition coefficient (Wildman–Crippen LogP) is 1.96. The molecule has 1 saturated heterocycles. The standard InChI is InChI=1S/C16H21N5O/c1-11-9-21(16-17-5-2-6-18-16)10-14(11)19-8-13-7-15(22-20-13)12-3-4-12/h2,5-7,11-12,14,19H,3-4,8-10H2,1H3/t11-,14-/m1/s1. The molecular formula is C16H21N5O. The van der Waals surface area contributed by atoms with Crippen LogP contribution in [-0.4, -0.2) is 34.3 Å². The Hall–Kier alpha value is -1.95. The number of anilines is 1. The highest BCUT2D eigenvalue weighted by Gasteiger charge is 2.31. The molecule has 0 bridgehead atoms. The van der Waals surface area contributed by atoms with Crippen molar-refractivity contribution in [1.29, 1.82) is 0 Å². The second-order valence-electron chi connectivity index (χ2n) is 6.41. The van der Waals surface area contributed by atoms with Gasteiger partial charge >= 0.3 is 0 Å². The zero-order valence-corrected chi connectivity index (χ0v) is 12.8.